The molecule has 4 rings (SSSR count). The highest BCUT2D eigenvalue weighted by Crippen LogP contribution is 2.32. The fourth-order valence-electron chi connectivity index (χ4n) is 4.64. The van der Waals surface area contributed by atoms with Crippen molar-refractivity contribution < 1.29 is 18.8 Å². The fraction of sp³-hybridized carbons (Fsp3) is 0.400. The van der Waals surface area contributed by atoms with E-state index in [2.05, 4.69) is 11.4 Å². The molecule has 2 aromatic rings. The standard InChI is InChI=1S/C25H29FN4O3/c1-18(31)30-11-10-19-4-2-3-5-22(19)23(30)16-25(33)29-14-12-28(13-15-29)17-24(32)27-21-8-6-20(26)7-9-21/h2-9,23H,10-17H2,1H3,(H,27,32). The molecule has 7 nitrogen and oxygen atoms in total. The van der Waals surface area contributed by atoms with Crippen LogP contribution in [0.15, 0.2) is 48.5 Å². The van der Waals surface area contributed by atoms with E-state index in [4.69, 9.17) is 0 Å². The van der Waals surface area contributed by atoms with Gasteiger partial charge in [-0.1, -0.05) is 24.3 Å². The van der Waals surface area contributed by atoms with Crippen molar-refractivity contribution in [3.05, 3.63) is 65.5 Å². The zero-order valence-electron chi connectivity index (χ0n) is 18.8. The van der Waals surface area contributed by atoms with Crippen molar-refractivity contribution >= 4 is 23.4 Å². The molecule has 8 heteroatoms. The van der Waals surface area contributed by atoms with Crippen molar-refractivity contribution in [3.8, 4) is 0 Å². The average molecular weight is 453 g/mol. The maximum absolute atomic E-state index is 13.1. The van der Waals surface area contributed by atoms with Gasteiger partial charge in [0.15, 0.2) is 0 Å². The topological polar surface area (TPSA) is 73.0 Å². The van der Waals surface area contributed by atoms with Crippen molar-refractivity contribution in [2.24, 2.45) is 0 Å². The molecule has 2 aliphatic rings. The normalized spacial score (nSPS) is 18.5. The van der Waals surface area contributed by atoms with E-state index in [9.17, 15) is 18.8 Å². The highest BCUT2D eigenvalue weighted by atomic mass is 19.1. The summed E-state index contributed by atoms with van der Waals surface area (Å²) in [4.78, 5) is 43.2. The minimum Gasteiger partial charge on any atom is -0.340 e. The molecule has 2 heterocycles. The Balaban J connectivity index is 1.30. The lowest BCUT2D eigenvalue weighted by Crippen LogP contribution is -2.51. The predicted octanol–water partition coefficient (Wildman–Crippen LogP) is 2.44. The Morgan fingerprint density at radius 3 is 2.36 bits per heavy atom. The van der Waals surface area contributed by atoms with Crippen molar-refractivity contribution in [1.82, 2.24) is 14.7 Å². The summed E-state index contributed by atoms with van der Waals surface area (Å²) < 4.78 is 13.0. The zero-order valence-corrected chi connectivity index (χ0v) is 18.8. The Hall–Kier alpha value is -3.26. The van der Waals surface area contributed by atoms with Gasteiger partial charge in [0.05, 0.1) is 19.0 Å². The number of hydrogen-bond acceptors (Lipinski definition) is 4. The minimum atomic E-state index is -0.350. The maximum atomic E-state index is 13.1. The number of carbonyl (C=O) groups is 3. The summed E-state index contributed by atoms with van der Waals surface area (Å²) in [5.74, 6) is -0.508. The third-order valence-electron chi connectivity index (χ3n) is 6.40. The first-order valence-corrected chi connectivity index (χ1v) is 11.3. The molecule has 0 radical (unpaired) electrons. The molecule has 2 aromatic carbocycles. The van der Waals surface area contributed by atoms with Crippen LogP contribution in [-0.4, -0.2) is 71.7 Å². The Kier molecular flexibility index (Phi) is 7.03. The van der Waals surface area contributed by atoms with Gasteiger partial charge < -0.3 is 15.1 Å². The van der Waals surface area contributed by atoms with E-state index in [-0.39, 0.29) is 42.5 Å². The molecule has 2 aliphatic heterocycles. The number of anilines is 1. The van der Waals surface area contributed by atoms with E-state index >= 15 is 0 Å². The molecule has 0 spiro atoms. The highest BCUT2D eigenvalue weighted by Gasteiger charge is 2.32. The number of piperazine rings is 1. The van der Waals surface area contributed by atoms with Crippen LogP contribution in [0.25, 0.3) is 0 Å². The fourth-order valence-corrected chi connectivity index (χ4v) is 4.64. The van der Waals surface area contributed by atoms with E-state index in [1.54, 1.807) is 11.8 Å². The SMILES string of the molecule is CC(=O)N1CCc2ccccc2C1CC(=O)N1CCN(CC(=O)Nc2ccc(F)cc2)CC1. The lowest BCUT2D eigenvalue weighted by atomic mass is 9.90. The molecule has 1 unspecified atom stereocenters. The van der Waals surface area contributed by atoms with Gasteiger partial charge in [-0.05, 0) is 41.8 Å². The van der Waals surface area contributed by atoms with Crippen LogP contribution in [0.4, 0.5) is 10.1 Å². The first-order valence-electron chi connectivity index (χ1n) is 11.3. The summed E-state index contributed by atoms with van der Waals surface area (Å²) in [5.41, 5.74) is 2.81. The molecule has 0 bridgehead atoms. The largest absolute Gasteiger partial charge is 0.340 e. The first-order chi connectivity index (χ1) is 15.9. The third-order valence-corrected chi connectivity index (χ3v) is 6.40. The molecule has 3 amide bonds. The van der Waals surface area contributed by atoms with Crippen molar-refractivity contribution in [1.29, 1.82) is 0 Å². The summed E-state index contributed by atoms with van der Waals surface area (Å²) in [7, 11) is 0. The second kappa shape index (κ2) is 10.1. The van der Waals surface area contributed by atoms with E-state index in [1.807, 2.05) is 28.0 Å². The highest BCUT2D eigenvalue weighted by molar-refractivity contribution is 5.92. The van der Waals surface area contributed by atoms with Crippen LogP contribution < -0.4 is 5.32 Å². The Morgan fingerprint density at radius 1 is 0.970 bits per heavy atom. The molecular formula is C25H29FN4O3. The van der Waals surface area contributed by atoms with E-state index in [0.717, 1.165) is 12.0 Å². The quantitative estimate of drug-likeness (QED) is 0.757. The predicted molar refractivity (Wildman–Crippen MR) is 123 cm³/mol. The molecule has 0 aromatic heterocycles. The summed E-state index contributed by atoms with van der Waals surface area (Å²) in [6.07, 6.45) is 1.07. The molecule has 1 saturated heterocycles. The average Bonchev–Trinajstić information content (AvgIpc) is 2.81. The maximum Gasteiger partial charge on any atom is 0.238 e. The Labute approximate surface area is 193 Å². The van der Waals surface area contributed by atoms with Gasteiger partial charge in [0, 0.05) is 45.3 Å². The van der Waals surface area contributed by atoms with Crippen LogP contribution in [0.2, 0.25) is 0 Å². The molecular weight excluding hydrogens is 423 g/mol. The smallest absolute Gasteiger partial charge is 0.238 e. The van der Waals surface area contributed by atoms with E-state index in [1.165, 1.54) is 29.8 Å². The monoisotopic (exact) mass is 452 g/mol. The summed E-state index contributed by atoms with van der Waals surface area (Å²) in [6, 6.07) is 13.5. The van der Waals surface area contributed by atoms with Crippen LogP contribution >= 0.6 is 0 Å². The Bertz CT molecular complexity index is 1020. The van der Waals surface area contributed by atoms with Gasteiger partial charge in [-0.25, -0.2) is 4.39 Å². The van der Waals surface area contributed by atoms with Gasteiger partial charge in [0.25, 0.3) is 0 Å². The molecule has 0 aliphatic carbocycles. The van der Waals surface area contributed by atoms with Gasteiger partial charge in [-0.2, -0.15) is 0 Å². The van der Waals surface area contributed by atoms with Gasteiger partial charge in [0.1, 0.15) is 5.82 Å². The number of halogens is 1. The molecule has 1 N–H and O–H groups in total. The number of amides is 3. The number of carbonyl (C=O) groups excluding carboxylic acids is 3. The molecule has 174 valence electrons. The van der Waals surface area contributed by atoms with Crippen molar-refractivity contribution in [3.63, 3.8) is 0 Å². The van der Waals surface area contributed by atoms with Crippen LogP contribution in [0, 0.1) is 5.82 Å². The second-order valence-corrected chi connectivity index (χ2v) is 8.59. The van der Waals surface area contributed by atoms with Crippen molar-refractivity contribution in [2.75, 3.05) is 44.6 Å². The first kappa shape index (κ1) is 22.9. The van der Waals surface area contributed by atoms with Crippen LogP contribution in [0.3, 0.4) is 0 Å². The molecule has 1 fully saturated rings. The van der Waals surface area contributed by atoms with E-state index in [0.29, 0.717) is 38.4 Å². The lowest BCUT2D eigenvalue weighted by Gasteiger charge is -2.39. The second-order valence-electron chi connectivity index (χ2n) is 8.59. The van der Waals surface area contributed by atoms with Crippen LogP contribution in [-0.2, 0) is 20.8 Å². The van der Waals surface area contributed by atoms with E-state index < -0.39 is 0 Å². The minimum absolute atomic E-state index is 0.0145. The van der Waals surface area contributed by atoms with Gasteiger partial charge >= 0.3 is 0 Å². The number of rotatable bonds is 5. The summed E-state index contributed by atoms with van der Waals surface area (Å²) >= 11 is 0. The van der Waals surface area contributed by atoms with Gasteiger partial charge in [0.2, 0.25) is 17.7 Å². The third kappa shape index (κ3) is 5.57. The number of benzene rings is 2. The van der Waals surface area contributed by atoms with Gasteiger partial charge in [-0.15, -0.1) is 0 Å². The lowest BCUT2D eigenvalue weighted by molar-refractivity contribution is -0.137. The number of nitrogens with zero attached hydrogens (tertiary/aromatic N) is 3. The Morgan fingerprint density at radius 2 is 1.67 bits per heavy atom. The van der Waals surface area contributed by atoms with Crippen LogP contribution in [0.5, 0.6) is 0 Å². The van der Waals surface area contributed by atoms with Crippen LogP contribution in [0.1, 0.15) is 30.5 Å². The van der Waals surface area contributed by atoms with Gasteiger partial charge in [-0.3, -0.25) is 19.3 Å². The molecule has 33 heavy (non-hydrogen) atoms. The van der Waals surface area contributed by atoms with Crippen molar-refractivity contribution in [2.45, 2.75) is 25.8 Å². The summed E-state index contributed by atoms with van der Waals surface area (Å²) in [6.45, 7) is 4.67. The summed E-state index contributed by atoms with van der Waals surface area (Å²) in [5, 5.41) is 2.76. The number of fused-ring (bicyclic) bond motifs is 1. The molecule has 0 saturated carbocycles. The number of nitrogens with one attached hydrogen (secondary N) is 1. The molecule has 1 atom stereocenters. The number of hydrogen-bond donors (Lipinski definition) is 1. The zero-order chi connectivity index (χ0) is 23.4.